The third-order valence-corrected chi connectivity index (χ3v) is 8.36. The third-order valence-electron chi connectivity index (χ3n) is 8.11. The molecular weight excluding hydrogens is 454 g/mol. The van der Waals surface area contributed by atoms with E-state index in [9.17, 15) is 19.8 Å². The molecule has 0 aromatic heterocycles. The molecule has 0 radical (unpaired) electrons. The first-order valence-corrected chi connectivity index (χ1v) is 12.7. The second-order valence-corrected chi connectivity index (χ2v) is 11.4. The Balaban J connectivity index is 1.62. The number of halogens is 1. The zero-order chi connectivity index (χ0) is 25.1. The topological polar surface area (TPSA) is 116 Å². The van der Waals surface area contributed by atoms with E-state index >= 15 is 0 Å². The van der Waals surface area contributed by atoms with Crippen molar-refractivity contribution in [3.63, 3.8) is 0 Å². The number of likely N-dealkylation sites (tertiary alicyclic amines) is 1. The van der Waals surface area contributed by atoms with Crippen LogP contribution in [0.5, 0.6) is 0 Å². The highest BCUT2D eigenvalue weighted by atomic mass is 35.5. The van der Waals surface area contributed by atoms with Crippen molar-refractivity contribution in [2.45, 2.75) is 70.1 Å². The smallest absolute Gasteiger partial charge is 0.226 e. The highest BCUT2D eigenvalue weighted by Gasteiger charge is 2.49. The largest absolute Gasteiger partial charge is 0.389 e. The molecule has 34 heavy (non-hydrogen) atoms. The molecule has 190 valence electrons. The van der Waals surface area contributed by atoms with Gasteiger partial charge in [0.05, 0.1) is 23.2 Å². The lowest BCUT2D eigenvalue weighted by atomic mass is 9.66. The predicted molar refractivity (Wildman–Crippen MR) is 133 cm³/mol. The van der Waals surface area contributed by atoms with E-state index in [1.54, 1.807) is 12.1 Å². The standard InChI is InChI=1S/C26H40ClN3O4/c1-18(22(16-31)29-23(32)21-5-4-10-25(21,33)11-13-28)15-30-14-12-26(34,24(2,3)17-30)19-6-8-20(27)9-7-19/h6-9,16,18,21-22,33-34H,4-5,10-15,17,28H2,1-3H3,(H,29,32)/t18-,21?,22?,25?,26-/m0/s1. The Bertz CT molecular complexity index is 864. The number of aliphatic hydroxyl groups is 2. The minimum Gasteiger partial charge on any atom is -0.389 e. The lowest BCUT2D eigenvalue weighted by Crippen LogP contribution is -2.57. The summed E-state index contributed by atoms with van der Waals surface area (Å²) in [5.74, 6) is -0.925. The van der Waals surface area contributed by atoms with Crippen LogP contribution in [-0.4, -0.2) is 65.1 Å². The highest BCUT2D eigenvalue weighted by Crippen LogP contribution is 2.46. The molecule has 2 fully saturated rings. The maximum absolute atomic E-state index is 12.9. The maximum atomic E-state index is 12.9. The molecule has 0 bridgehead atoms. The Morgan fingerprint density at radius 2 is 1.97 bits per heavy atom. The fraction of sp³-hybridized carbons (Fsp3) is 0.692. The van der Waals surface area contributed by atoms with Crippen LogP contribution in [0.4, 0.5) is 0 Å². The van der Waals surface area contributed by atoms with Crippen LogP contribution >= 0.6 is 11.6 Å². The molecule has 1 saturated heterocycles. The molecule has 1 aliphatic heterocycles. The predicted octanol–water partition coefficient (Wildman–Crippen LogP) is 2.46. The SMILES string of the molecule is C[C@@H](CN1CC[C@](O)(c2ccc(Cl)cc2)C(C)(C)C1)C(C=O)NC(=O)C1CCCC1(O)CCN. The molecule has 8 heteroatoms. The number of carbonyl (C=O) groups is 2. The first-order valence-electron chi connectivity index (χ1n) is 12.3. The Labute approximate surface area is 208 Å². The van der Waals surface area contributed by atoms with E-state index in [1.807, 2.05) is 19.1 Å². The van der Waals surface area contributed by atoms with Gasteiger partial charge in [0.15, 0.2) is 0 Å². The van der Waals surface area contributed by atoms with E-state index in [1.165, 1.54) is 0 Å². The number of carbonyl (C=O) groups excluding carboxylic acids is 2. The van der Waals surface area contributed by atoms with Crippen molar-refractivity contribution in [3.05, 3.63) is 34.9 Å². The average molecular weight is 494 g/mol. The lowest BCUT2D eigenvalue weighted by Gasteiger charge is -2.51. The van der Waals surface area contributed by atoms with E-state index in [2.05, 4.69) is 24.1 Å². The molecule has 7 nitrogen and oxygen atoms in total. The van der Waals surface area contributed by atoms with E-state index in [4.69, 9.17) is 17.3 Å². The van der Waals surface area contributed by atoms with Crippen LogP contribution in [0.2, 0.25) is 5.02 Å². The Hall–Kier alpha value is -1.51. The molecule has 1 aliphatic carbocycles. The lowest BCUT2D eigenvalue weighted by molar-refractivity contribution is -0.136. The number of aldehydes is 1. The molecule has 3 unspecified atom stereocenters. The summed E-state index contributed by atoms with van der Waals surface area (Å²) in [6.45, 7) is 8.31. The van der Waals surface area contributed by atoms with E-state index in [0.717, 1.165) is 18.3 Å². The van der Waals surface area contributed by atoms with Gasteiger partial charge in [0, 0.05) is 30.1 Å². The average Bonchev–Trinajstić information content (AvgIpc) is 3.16. The maximum Gasteiger partial charge on any atom is 0.226 e. The minimum atomic E-state index is -1.08. The fourth-order valence-electron chi connectivity index (χ4n) is 5.92. The first-order chi connectivity index (χ1) is 16.0. The van der Waals surface area contributed by atoms with Crippen LogP contribution in [0.1, 0.15) is 58.4 Å². The highest BCUT2D eigenvalue weighted by molar-refractivity contribution is 6.30. The molecule has 0 spiro atoms. The van der Waals surface area contributed by atoms with E-state index < -0.39 is 28.6 Å². The van der Waals surface area contributed by atoms with Gasteiger partial charge in [-0.15, -0.1) is 0 Å². The molecule has 1 heterocycles. The molecule has 1 amide bonds. The number of nitrogens with one attached hydrogen (secondary N) is 1. The third kappa shape index (κ3) is 5.49. The van der Waals surface area contributed by atoms with Gasteiger partial charge in [-0.25, -0.2) is 0 Å². The summed E-state index contributed by atoms with van der Waals surface area (Å²) in [5.41, 5.74) is 4.00. The van der Waals surface area contributed by atoms with E-state index in [-0.39, 0.29) is 11.8 Å². The fourth-order valence-corrected chi connectivity index (χ4v) is 6.05. The second-order valence-electron chi connectivity index (χ2n) is 11.0. The minimum absolute atomic E-state index is 0.122. The van der Waals surface area contributed by atoms with Crippen LogP contribution in [0.25, 0.3) is 0 Å². The van der Waals surface area contributed by atoms with Gasteiger partial charge in [0.1, 0.15) is 6.29 Å². The van der Waals surface area contributed by atoms with Gasteiger partial charge in [0.25, 0.3) is 0 Å². The van der Waals surface area contributed by atoms with Crippen molar-refractivity contribution in [1.82, 2.24) is 10.2 Å². The van der Waals surface area contributed by atoms with Gasteiger partial charge in [-0.3, -0.25) is 4.79 Å². The number of hydrogen-bond donors (Lipinski definition) is 4. The van der Waals surface area contributed by atoms with Crippen LogP contribution in [0, 0.1) is 17.3 Å². The van der Waals surface area contributed by atoms with Gasteiger partial charge < -0.3 is 31.0 Å². The molecular formula is C26H40ClN3O4. The Kier molecular flexibility index (Phi) is 8.46. The zero-order valence-corrected chi connectivity index (χ0v) is 21.4. The van der Waals surface area contributed by atoms with Crippen molar-refractivity contribution in [2.75, 3.05) is 26.2 Å². The number of rotatable bonds is 9. The van der Waals surface area contributed by atoms with Crippen molar-refractivity contribution in [1.29, 1.82) is 0 Å². The zero-order valence-electron chi connectivity index (χ0n) is 20.6. The molecule has 1 aromatic carbocycles. The summed E-state index contributed by atoms with van der Waals surface area (Å²) in [7, 11) is 0. The van der Waals surface area contributed by atoms with Crippen molar-refractivity contribution in [3.8, 4) is 0 Å². The molecule has 5 atom stereocenters. The van der Waals surface area contributed by atoms with Crippen molar-refractivity contribution < 1.29 is 19.8 Å². The first kappa shape index (κ1) is 27.1. The van der Waals surface area contributed by atoms with Crippen LogP contribution in [-0.2, 0) is 15.2 Å². The molecule has 1 aromatic rings. The summed E-state index contributed by atoms with van der Waals surface area (Å²) < 4.78 is 0. The van der Waals surface area contributed by atoms with Gasteiger partial charge in [-0.1, -0.05) is 44.5 Å². The number of amides is 1. The van der Waals surface area contributed by atoms with Crippen molar-refractivity contribution >= 4 is 23.8 Å². The molecule has 1 saturated carbocycles. The number of nitrogens with zero attached hydrogens (tertiary/aromatic N) is 1. The molecule has 2 aliphatic rings. The summed E-state index contributed by atoms with van der Waals surface area (Å²) >= 11 is 6.03. The molecule has 5 N–H and O–H groups in total. The van der Waals surface area contributed by atoms with Gasteiger partial charge in [0.2, 0.25) is 5.91 Å². The molecule has 3 rings (SSSR count). The Morgan fingerprint density at radius 1 is 1.29 bits per heavy atom. The summed E-state index contributed by atoms with van der Waals surface area (Å²) in [5, 5.41) is 26.0. The quantitative estimate of drug-likeness (QED) is 0.393. The normalized spacial score (nSPS) is 31.1. The Morgan fingerprint density at radius 3 is 2.56 bits per heavy atom. The van der Waals surface area contributed by atoms with Crippen LogP contribution < -0.4 is 11.1 Å². The monoisotopic (exact) mass is 493 g/mol. The van der Waals surface area contributed by atoms with Gasteiger partial charge >= 0.3 is 0 Å². The number of piperidine rings is 1. The van der Waals surface area contributed by atoms with Crippen LogP contribution in [0.3, 0.4) is 0 Å². The number of hydrogen-bond acceptors (Lipinski definition) is 6. The number of benzene rings is 1. The second kappa shape index (κ2) is 10.6. The number of nitrogens with two attached hydrogens (primary N) is 1. The summed E-state index contributed by atoms with van der Waals surface area (Å²) in [6, 6.07) is 6.73. The summed E-state index contributed by atoms with van der Waals surface area (Å²) in [6.07, 6.45) is 3.66. The van der Waals surface area contributed by atoms with E-state index in [0.29, 0.717) is 56.9 Å². The van der Waals surface area contributed by atoms with Gasteiger partial charge in [-0.2, -0.15) is 0 Å². The van der Waals surface area contributed by atoms with Crippen LogP contribution in [0.15, 0.2) is 24.3 Å². The van der Waals surface area contributed by atoms with Crippen molar-refractivity contribution in [2.24, 2.45) is 23.0 Å². The van der Waals surface area contributed by atoms with Gasteiger partial charge in [-0.05, 0) is 62.3 Å². The summed E-state index contributed by atoms with van der Waals surface area (Å²) in [4.78, 5) is 27.1.